The Hall–Kier alpha value is -2.27. The van der Waals surface area contributed by atoms with Crippen LogP contribution in [-0.4, -0.2) is 16.1 Å². The van der Waals surface area contributed by atoms with Crippen molar-refractivity contribution < 1.29 is 9.18 Å². The molecule has 0 amide bonds. The summed E-state index contributed by atoms with van der Waals surface area (Å²) in [5, 5.41) is 4.44. The van der Waals surface area contributed by atoms with Crippen LogP contribution in [0.25, 0.3) is 16.3 Å². The molecule has 3 rings (SSSR count). The van der Waals surface area contributed by atoms with Gasteiger partial charge in [0.05, 0.1) is 16.1 Å². The van der Waals surface area contributed by atoms with E-state index in [0.717, 1.165) is 17.6 Å². The van der Waals surface area contributed by atoms with Gasteiger partial charge in [0, 0.05) is 11.1 Å². The molecule has 2 heterocycles. The molecule has 0 N–H and O–H groups in total. The van der Waals surface area contributed by atoms with Crippen LogP contribution in [-0.2, 0) is 6.42 Å². The summed E-state index contributed by atoms with van der Waals surface area (Å²) in [6.45, 7) is 2.08. The van der Waals surface area contributed by atoms with Gasteiger partial charge in [-0.05, 0) is 36.8 Å². The Labute approximate surface area is 125 Å². The van der Waals surface area contributed by atoms with Crippen LogP contribution in [0.4, 0.5) is 4.39 Å². The van der Waals surface area contributed by atoms with E-state index in [0.29, 0.717) is 16.9 Å². The van der Waals surface area contributed by atoms with Crippen LogP contribution in [0.5, 0.6) is 0 Å². The molecule has 21 heavy (non-hydrogen) atoms. The first-order valence-corrected chi connectivity index (χ1v) is 7.42. The third kappa shape index (κ3) is 2.64. The van der Waals surface area contributed by atoms with Crippen molar-refractivity contribution in [1.29, 1.82) is 0 Å². The Morgan fingerprint density at radius 3 is 2.86 bits per heavy atom. The first-order chi connectivity index (χ1) is 10.2. The van der Waals surface area contributed by atoms with Crippen molar-refractivity contribution >= 4 is 17.6 Å². The highest BCUT2D eigenvalue weighted by Gasteiger charge is 2.13. The summed E-state index contributed by atoms with van der Waals surface area (Å²) in [4.78, 5) is 13.5. The largest absolute Gasteiger partial charge is 0.298 e. The van der Waals surface area contributed by atoms with Crippen molar-refractivity contribution in [3.63, 3.8) is 0 Å². The summed E-state index contributed by atoms with van der Waals surface area (Å²) in [6.07, 6.45) is 3.36. The topological polar surface area (TPSA) is 34.9 Å². The average Bonchev–Trinajstić information content (AvgIpc) is 3.13. The second kappa shape index (κ2) is 5.61. The van der Waals surface area contributed by atoms with Crippen LogP contribution in [0.3, 0.4) is 0 Å². The molecule has 0 saturated carbocycles. The number of benzene rings is 1. The van der Waals surface area contributed by atoms with Gasteiger partial charge in [-0.1, -0.05) is 13.0 Å². The minimum Gasteiger partial charge on any atom is -0.298 e. The molecular formula is C16H13FN2OS. The Morgan fingerprint density at radius 2 is 2.19 bits per heavy atom. The molecule has 0 aliphatic rings. The van der Waals surface area contributed by atoms with Crippen LogP contribution >= 0.6 is 11.3 Å². The fraction of sp³-hybridized carbons (Fsp3) is 0.125. The first kappa shape index (κ1) is 13.7. The van der Waals surface area contributed by atoms with Crippen LogP contribution in [0.15, 0.2) is 42.6 Å². The molecule has 0 aliphatic carbocycles. The molecule has 0 fully saturated rings. The molecule has 0 unspecified atom stereocenters. The highest BCUT2D eigenvalue weighted by Crippen LogP contribution is 2.30. The van der Waals surface area contributed by atoms with Gasteiger partial charge in [-0.15, -0.1) is 11.3 Å². The maximum atomic E-state index is 13.3. The molecule has 1 aromatic carbocycles. The molecule has 2 aromatic heterocycles. The minimum atomic E-state index is -0.332. The number of aldehydes is 1. The van der Waals surface area contributed by atoms with Gasteiger partial charge in [-0.2, -0.15) is 5.10 Å². The van der Waals surface area contributed by atoms with Gasteiger partial charge < -0.3 is 0 Å². The summed E-state index contributed by atoms with van der Waals surface area (Å²) in [5.41, 5.74) is 1.74. The van der Waals surface area contributed by atoms with Crippen LogP contribution < -0.4 is 0 Å². The molecule has 3 nitrogen and oxygen atoms in total. The zero-order valence-corrected chi connectivity index (χ0v) is 12.2. The lowest BCUT2D eigenvalue weighted by molar-refractivity contribution is 0.112. The highest BCUT2D eigenvalue weighted by molar-refractivity contribution is 7.15. The predicted molar refractivity (Wildman–Crippen MR) is 81.6 cm³/mol. The lowest BCUT2D eigenvalue weighted by Gasteiger charge is -2.00. The summed E-state index contributed by atoms with van der Waals surface area (Å²) in [7, 11) is 0. The Kier molecular flexibility index (Phi) is 3.66. The Balaban J connectivity index is 2.08. The number of hydrogen-bond acceptors (Lipinski definition) is 3. The molecule has 0 saturated heterocycles. The van der Waals surface area contributed by atoms with Crippen molar-refractivity contribution in [2.45, 2.75) is 13.3 Å². The van der Waals surface area contributed by atoms with Crippen molar-refractivity contribution in [1.82, 2.24) is 9.78 Å². The zero-order valence-electron chi connectivity index (χ0n) is 11.4. The number of hydrogen-bond donors (Lipinski definition) is 0. The second-order valence-electron chi connectivity index (χ2n) is 4.59. The standard InChI is InChI=1S/C16H13FN2OS/c1-2-14-6-7-15(21-14)16-11(10-20)9-19(18-16)13-5-3-4-12(17)8-13/h3-10H,2H2,1H3. The molecule has 106 valence electrons. The van der Waals surface area contributed by atoms with E-state index in [1.165, 1.54) is 21.7 Å². The number of halogens is 1. The van der Waals surface area contributed by atoms with Crippen molar-refractivity contribution in [3.8, 4) is 16.3 Å². The number of carbonyl (C=O) groups excluding carboxylic acids is 1. The number of rotatable bonds is 4. The van der Waals surface area contributed by atoms with E-state index >= 15 is 0 Å². The van der Waals surface area contributed by atoms with E-state index in [1.54, 1.807) is 29.7 Å². The van der Waals surface area contributed by atoms with Crippen LogP contribution in [0.1, 0.15) is 22.2 Å². The van der Waals surface area contributed by atoms with Crippen LogP contribution in [0, 0.1) is 5.82 Å². The molecule has 5 heteroatoms. The summed E-state index contributed by atoms with van der Waals surface area (Å²) in [5.74, 6) is -0.332. The molecule has 0 spiro atoms. The Morgan fingerprint density at radius 1 is 1.33 bits per heavy atom. The smallest absolute Gasteiger partial charge is 0.153 e. The minimum absolute atomic E-state index is 0.332. The number of aromatic nitrogens is 2. The van der Waals surface area contributed by atoms with E-state index in [4.69, 9.17) is 0 Å². The number of carbonyl (C=O) groups is 1. The number of aryl methyl sites for hydroxylation is 1. The monoisotopic (exact) mass is 300 g/mol. The van der Waals surface area contributed by atoms with Crippen molar-refractivity contribution in [2.24, 2.45) is 0 Å². The lowest BCUT2D eigenvalue weighted by atomic mass is 10.2. The quantitative estimate of drug-likeness (QED) is 0.679. The van der Waals surface area contributed by atoms with Gasteiger partial charge in [-0.25, -0.2) is 9.07 Å². The molecule has 0 atom stereocenters. The maximum Gasteiger partial charge on any atom is 0.153 e. The molecule has 3 aromatic rings. The van der Waals surface area contributed by atoms with Gasteiger partial charge in [0.1, 0.15) is 11.5 Å². The van der Waals surface area contributed by atoms with Gasteiger partial charge in [0.2, 0.25) is 0 Å². The summed E-state index contributed by atoms with van der Waals surface area (Å²) >= 11 is 1.62. The zero-order chi connectivity index (χ0) is 14.8. The second-order valence-corrected chi connectivity index (χ2v) is 5.76. The molecule has 0 bridgehead atoms. The van der Waals surface area contributed by atoms with Gasteiger partial charge in [0.25, 0.3) is 0 Å². The fourth-order valence-corrected chi connectivity index (χ4v) is 3.07. The lowest BCUT2D eigenvalue weighted by Crippen LogP contribution is -1.95. The van der Waals surface area contributed by atoms with Gasteiger partial charge in [0.15, 0.2) is 6.29 Å². The number of nitrogens with zero attached hydrogens (tertiary/aromatic N) is 2. The van der Waals surface area contributed by atoms with Crippen LogP contribution in [0.2, 0.25) is 0 Å². The summed E-state index contributed by atoms with van der Waals surface area (Å²) in [6, 6.07) is 10.1. The molecule has 0 radical (unpaired) electrons. The van der Waals surface area contributed by atoms with Crippen molar-refractivity contribution in [2.75, 3.05) is 0 Å². The Bertz CT molecular complexity index is 791. The number of thiophene rings is 1. The normalized spacial score (nSPS) is 10.8. The summed E-state index contributed by atoms with van der Waals surface area (Å²) < 4.78 is 14.8. The third-order valence-electron chi connectivity index (χ3n) is 3.19. The third-order valence-corrected chi connectivity index (χ3v) is 4.42. The molecule has 0 aliphatic heterocycles. The van der Waals surface area contributed by atoms with E-state index in [-0.39, 0.29) is 5.82 Å². The molecular weight excluding hydrogens is 287 g/mol. The van der Waals surface area contributed by atoms with E-state index in [1.807, 2.05) is 12.1 Å². The van der Waals surface area contributed by atoms with E-state index < -0.39 is 0 Å². The maximum absolute atomic E-state index is 13.3. The van der Waals surface area contributed by atoms with Crippen molar-refractivity contribution in [3.05, 3.63) is 58.9 Å². The van der Waals surface area contributed by atoms with Gasteiger partial charge in [-0.3, -0.25) is 4.79 Å². The van der Waals surface area contributed by atoms with E-state index in [2.05, 4.69) is 12.0 Å². The SMILES string of the molecule is CCc1ccc(-c2nn(-c3cccc(F)c3)cc2C=O)s1. The highest BCUT2D eigenvalue weighted by atomic mass is 32.1. The van der Waals surface area contributed by atoms with E-state index in [9.17, 15) is 9.18 Å². The average molecular weight is 300 g/mol. The first-order valence-electron chi connectivity index (χ1n) is 6.61. The predicted octanol–water partition coefficient (Wildman–Crippen LogP) is 4.11. The van der Waals surface area contributed by atoms with Gasteiger partial charge >= 0.3 is 0 Å². The fourth-order valence-electron chi connectivity index (χ4n) is 2.11.